The summed E-state index contributed by atoms with van der Waals surface area (Å²) in [5, 5.41) is 13.3. The van der Waals surface area contributed by atoms with Gasteiger partial charge >= 0.3 is 6.16 Å². The standard InChI is InChI=1S/C29H35NO7/c1-29(2,3)36-28(32)37-30-15-14-22(19-10-12-21(31)13-11-19)26(17-30)35-18-20-16-25(33-4)23-8-6-7-9-24(23)27(20)34-5/h6-13,16,22,26,31H,14-15,17-18H2,1-5H3. The molecule has 1 heterocycles. The molecule has 0 spiro atoms. The summed E-state index contributed by atoms with van der Waals surface area (Å²) in [5.74, 6) is 1.71. The maximum atomic E-state index is 12.3. The number of rotatable bonds is 7. The summed E-state index contributed by atoms with van der Waals surface area (Å²) in [4.78, 5) is 17.8. The molecule has 1 saturated heterocycles. The Balaban J connectivity index is 1.58. The number of hydrogen-bond acceptors (Lipinski definition) is 8. The number of methoxy groups -OCH3 is 2. The molecule has 1 fully saturated rings. The third kappa shape index (κ3) is 6.45. The van der Waals surface area contributed by atoms with Gasteiger partial charge in [-0.15, -0.1) is 5.06 Å². The number of hydrogen-bond donors (Lipinski definition) is 1. The van der Waals surface area contributed by atoms with Crippen molar-refractivity contribution < 1.29 is 33.7 Å². The lowest BCUT2D eigenvalue weighted by atomic mass is 9.87. The molecule has 4 rings (SSSR count). The molecule has 0 aliphatic carbocycles. The molecule has 8 heteroatoms. The number of benzene rings is 3. The molecule has 1 N–H and O–H groups in total. The van der Waals surface area contributed by atoms with Crippen LogP contribution in [0.25, 0.3) is 10.8 Å². The van der Waals surface area contributed by atoms with Crippen molar-refractivity contribution in [3.8, 4) is 17.2 Å². The molecule has 3 aromatic carbocycles. The number of ether oxygens (including phenoxy) is 4. The monoisotopic (exact) mass is 509 g/mol. The summed E-state index contributed by atoms with van der Waals surface area (Å²) in [7, 11) is 3.29. The van der Waals surface area contributed by atoms with Crippen molar-refractivity contribution >= 4 is 16.9 Å². The van der Waals surface area contributed by atoms with Crippen molar-refractivity contribution in [2.45, 2.75) is 51.4 Å². The van der Waals surface area contributed by atoms with Gasteiger partial charge in [-0.3, -0.25) is 0 Å². The summed E-state index contributed by atoms with van der Waals surface area (Å²) < 4.78 is 23.3. The van der Waals surface area contributed by atoms with Crippen LogP contribution in [0.4, 0.5) is 4.79 Å². The van der Waals surface area contributed by atoms with Gasteiger partial charge in [-0.1, -0.05) is 36.4 Å². The van der Waals surface area contributed by atoms with Crippen molar-refractivity contribution in [3.63, 3.8) is 0 Å². The van der Waals surface area contributed by atoms with Crippen LogP contribution in [-0.2, 0) is 20.9 Å². The SMILES string of the molecule is COc1cc(COC2CN(OC(=O)OC(C)(C)C)CCC2c2ccc(O)cc2)c(OC)c2ccccc12. The van der Waals surface area contributed by atoms with E-state index in [-0.39, 0.29) is 24.4 Å². The fraction of sp³-hybridized carbons (Fsp3) is 0.414. The highest BCUT2D eigenvalue weighted by atomic mass is 16.8. The minimum absolute atomic E-state index is 0.0347. The van der Waals surface area contributed by atoms with Crippen LogP contribution in [0.2, 0.25) is 0 Å². The molecule has 3 aromatic rings. The zero-order chi connectivity index (χ0) is 26.6. The molecule has 198 valence electrons. The largest absolute Gasteiger partial charge is 0.528 e. The van der Waals surface area contributed by atoms with Crippen molar-refractivity contribution in [2.24, 2.45) is 0 Å². The van der Waals surface area contributed by atoms with Gasteiger partial charge in [0.2, 0.25) is 0 Å². The first-order valence-electron chi connectivity index (χ1n) is 12.4. The molecule has 1 aliphatic heterocycles. The van der Waals surface area contributed by atoms with Gasteiger partial charge in [-0.05, 0) is 51.0 Å². The molecule has 0 radical (unpaired) electrons. The van der Waals surface area contributed by atoms with Crippen molar-refractivity contribution in [1.82, 2.24) is 5.06 Å². The predicted octanol–water partition coefficient (Wildman–Crippen LogP) is 5.80. The molecule has 37 heavy (non-hydrogen) atoms. The first-order valence-corrected chi connectivity index (χ1v) is 12.4. The zero-order valence-electron chi connectivity index (χ0n) is 22.0. The van der Waals surface area contributed by atoms with E-state index in [1.165, 1.54) is 0 Å². The van der Waals surface area contributed by atoms with E-state index in [9.17, 15) is 9.90 Å². The van der Waals surface area contributed by atoms with Gasteiger partial charge in [0.1, 0.15) is 22.8 Å². The Morgan fingerprint density at radius 1 is 1.03 bits per heavy atom. The molecule has 2 unspecified atom stereocenters. The Kier molecular flexibility index (Phi) is 8.10. The van der Waals surface area contributed by atoms with Crippen LogP contribution in [0.15, 0.2) is 54.6 Å². The van der Waals surface area contributed by atoms with Crippen LogP contribution < -0.4 is 9.47 Å². The van der Waals surface area contributed by atoms with Crippen LogP contribution in [0, 0.1) is 0 Å². The number of hydroxylamine groups is 2. The van der Waals surface area contributed by atoms with E-state index in [0.29, 0.717) is 19.5 Å². The highest BCUT2D eigenvalue weighted by Crippen LogP contribution is 2.38. The molecule has 0 bridgehead atoms. The number of piperidine rings is 1. The maximum Gasteiger partial charge on any atom is 0.528 e. The fourth-order valence-corrected chi connectivity index (χ4v) is 4.70. The van der Waals surface area contributed by atoms with Gasteiger partial charge < -0.3 is 28.9 Å². The minimum atomic E-state index is -0.740. The number of phenols is 1. The van der Waals surface area contributed by atoms with Crippen molar-refractivity contribution in [3.05, 3.63) is 65.7 Å². The maximum absolute atomic E-state index is 12.3. The molecule has 8 nitrogen and oxygen atoms in total. The Labute approximate surface area is 217 Å². The highest BCUT2D eigenvalue weighted by Gasteiger charge is 2.34. The second-order valence-electron chi connectivity index (χ2n) is 10.1. The summed E-state index contributed by atoms with van der Waals surface area (Å²) in [6.07, 6.45) is -0.352. The Bertz CT molecular complexity index is 1220. The van der Waals surface area contributed by atoms with E-state index in [1.807, 2.05) is 42.5 Å². The third-order valence-electron chi connectivity index (χ3n) is 6.35. The predicted molar refractivity (Wildman–Crippen MR) is 140 cm³/mol. The lowest BCUT2D eigenvalue weighted by Crippen LogP contribution is -2.45. The van der Waals surface area contributed by atoms with E-state index in [1.54, 1.807) is 52.2 Å². The highest BCUT2D eigenvalue weighted by molar-refractivity contribution is 5.94. The molecule has 0 amide bonds. The minimum Gasteiger partial charge on any atom is -0.508 e. The second-order valence-corrected chi connectivity index (χ2v) is 10.1. The molecular weight excluding hydrogens is 474 g/mol. The summed E-state index contributed by atoms with van der Waals surface area (Å²) in [5.41, 5.74) is 1.25. The van der Waals surface area contributed by atoms with Crippen LogP contribution in [-0.4, -0.2) is 55.3 Å². The normalized spacial score (nSPS) is 18.4. The Hall–Kier alpha value is -3.49. The van der Waals surface area contributed by atoms with E-state index < -0.39 is 11.8 Å². The number of carbonyl (C=O) groups is 1. The first-order chi connectivity index (χ1) is 17.7. The molecule has 2 atom stereocenters. The lowest BCUT2D eigenvalue weighted by molar-refractivity contribution is -0.179. The van der Waals surface area contributed by atoms with E-state index >= 15 is 0 Å². The van der Waals surface area contributed by atoms with Crippen molar-refractivity contribution in [1.29, 1.82) is 0 Å². The number of phenolic OH excluding ortho intramolecular Hbond substituents is 1. The van der Waals surface area contributed by atoms with Crippen LogP contribution in [0.3, 0.4) is 0 Å². The number of aromatic hydroxyl groups is 1. The van der Waals surface area contributed by atoms with Crippen LogP contribution in [0.1, 0.15) is 44.2 Å². The summed E-state index contributed by atoms with van der Waals surface area (Å²) in [6, 6.07) is 17.0. The first kappa shape index (κ1) is 26.6. The summed E-state index contributed by atoms with van der Waals surface area (Å²) in [6.45, 7) is 6.53. The topological polar surface area (TPSA) is 86.7 Å². The van der Waals surface area contributed by atoms with Gasteiger partial charge in [-0.2, -0.15) is 0 Å². The number of fused-ring (bicyclic) bond motifs is 1. The second kappa shape index (κ2) is 11.3. The average Bonchev–Trinajstić information content (AvgIpc) is 2.86. The van der Waals surface area contributed by atoms with E-state index in [4.69, 9.17) is 23.8 Å². The molecular formula is C29H35NO7. The van der Waals surface area contributed by atoms with Crippen LogP contribution in [0.5, 0.6) is 17.2 Å². The lowest BCUT2D eigenvalue weighted by Gasteiger charge is -2.37. The van der Waals surface area contributed by atoms with Gasteiger partial charge in [0.15, 0.2) is 0 Å². The summed E-state index contributed by atoms with van der Waals surface area (Å²) >= 11 is 0. The average molecular weight is 510 g/mol. The van der Waals surface area contributed by atoms with Gasteiger partial charge in [0, 0.05) is 28.8 Å². The third-order valence-corrected chi connectivity index (χ3v) is 6.35. The van der Waals surface area contributed by atoms with E-state index in [2.05, 4.69) is 0 Å². The Morgan fingerprint density at radius 3 is 2.38 bits per heavy atom. The number of carbonyl (C=O) groups excluding carboxylic acids is 1. The fourth-order valence-electron chi connectivity index (χ4n) is 4.70. The molecule has 0 saturated carbocycles. The van der Waals surface area contributed by atoms with Gasteiger partial charge in [0.05, 0.1) is 33.5 Å². The molecule has 0 aromatic heterocycles. The smallest absolute Gasteiger partial charge is 0.508 e. The van der Waals surface area contributed by atoms with Gasteiger partial charge in [0.25, 0.3) is 0 Å². The van der Waals surface area contributed by atoms with Crippen molar-refractivity contribution in [2.75, 3.05) is 27.3 Å². The quantitative estimate of drug-likeness (QED) is 0.400. The molecule has 1 aliphatic rings. The number of nitrogens with zero attached hydrogens (tertiary/aromatic N) is 1. The Morgan fingerprint density at radius 2 is 1.73 bits per heavy atom. The zero-order valence-corrected chi connectivity index (χ0v) is 22.0. The van der Waals surface area contributed by atoms with Crippen LogP contribution >= 0.6 is 0 Å². The van der Waals surface area contributed by atoms with E-state index in [0.717, 1.165) is 33.4 Å². The van der Waals surface area contributed by atoms with Gasteiger partial charge in [-0.25, -0.2) is 4.79 Å².